The van der Waals surface area contributed by atoms with Gasteiger partial charge in [0.05, 0.1) is 6.61 Å². The molecule has 0 bridgehead atoms. The molecule has 0 fully saturated rings. The number of aryl methyl sites for hydroxylation is 1. The van der Waals surface area contributed by atoms with Gasteiger partial charge in [-0.25, -0.2) is 4.98 Å². The van der Waals surface area contributed by atoms with E-state index in [9.17, 15) is 14.7 Å². The lowest BCUT2D eigenvalue weighted by molar-refractivity contribution is -0.140. The van der Waals surface area contributed by atoms with Gasteiger partial charge in [0.2, 0.25) is 0 Å². The lowest BCUT2D eigenvalue weighted by Gasteiger charge is -2.39. The average Bonchev–Trinajstić information content (AvgIpc) is 2.99. The Balaban J connectivity index is 2.18. The summed E-state index contributed by atoms with van der Waals surface area (Å²) in [6.07, 6.45) is 3.35. The number of carboxylic acid groups (broad SMARTS) is 1. The Morgan fingerprint density at radius 2 is 2.12 bits per heavy atom. The van der Waals surface area contributed by atoms with Crippen molar-refractivity contribution in [3.05, 3.63) is 53.6 Å². The Bertz CT molecular complexity index is 771. The number of fused-ring (bicyclic) bond motifs is 1. The molecule has 3 rings (SSSR count). The normalized spacial score (nSPS) is 20.1. The first-order valence-electron chi connectivity index (χ1n) is 7.65. The van der Waals surface area contributed by atoms with Gasteiger partial charge < -0.3 is 19.3 Å². The summed E-state index contributed by atoms with van der Waals surface area (Å²) in [5.74, 6) is -1.52. The maximum Gasteiger partial charge on any atom is 0.313 e. The zero-order chi connectivity index (χ0) is 17.3. The third kappa shape index (κ3) is 2.56. The second kappa shape index (κ2) is 6.45. The van der Waals surface area contributed by atoms with Crippen LogP contribution >= 0.6 is 0 Å². The first kappa shape index (κ1) is 16.2. The lowest BCUT2D eigenvalue weighted by Crippen LogP contribution is -2.47. The molecule has 126 valence electrons. The van der Waals surface area contributed by atoms with Crippen LogP contribution in [0.1, 0.15) is 33.7 Å². The Hall–Kier alpha value is -2.67. The number of methoxy groups -OCH3 is 1. The van der Waals surface area contributed by atoms with Gasteiger partial charge in [-0.15, -0.1) is 0 Å². The van der Waals surface area contributed by atoms with Crippen LogP contribution in [-0.2, 0) is 16.6 Å². The summed E-state index contributed by atoms with van der Waals surface area (Å²) in [5, 5.41) is 9.87. The molecule has 0 spiro atoms. The van der Waals surface area contributed by atoms with Crippen molar-refractivity contribution >= 4 is 11.9 Å². The first-order chi connectivity index (χ1) is 11.6. The summed E-state index contributed by atoms with van der Waals surface area (Å²) in [5.41, 5.74) is 0.947. The third-order valence-corrected chi connectivity index (χ3v) is 4.36. The number of aromatic nitrogens is 2. The van der Waals surface area contributed by atoms with Crippen molar-refractivity contribution in [3.8, 4) is 0 Å². The molecule has 7 heteroatoms. The minimum atomic E-state index is -0.981. The molecule has 0 aliphatic carbocycles. The molecule has 2 aromatic rings. The molecule has 24 heavy (non-hydrogen) atoms. The number of aliphatic carboxylic acids is 1. The van der Waals surface area contributed by atoms with Crippen molar-refractivity contribution in [1.82, 2.24) is 14.5 Å². The molecule has 0 saturated heterocycles. The molecular formula is C17H19N3O4. The van der Waals surface area contributed by atoms with Crippen LogP contribution in [0.5, 0.6) is 0 Å². The predicted molar refractivity (Wildman–Crippen MR) is 85.7 cm³/mol. The topological polar surface area (TPSA) is 84.7 Å². The van der Waals surface area contributed by atoms with Crippen LogP contribution in [0.25, 0.3) is 0 Å². The highest BCUT2D eigenvalue weighted by Gasteiger charge is 2.45. The predicted octanol–water partition coefficient (Wildman–Crippen LogP) is 1.43. The molecule has 0 unspecified atom stereocenters. The van der Waals surface area contributed by atoms with Crippen LogP contribution in [0.3, 0.4) is 0 Å². The number of nitrogens with zero attached hydrogens (tertiary/aromatic N) is 3. The van der Waals surface area contributed by atoms with Crippen molar-refractivity contribution in [2.75, 3.05) is 20.3 Å². The number of ether oxygens (including phenoxy) is 1. The Labute approximate surface area is 139 Å². The highest BCUT2D eigenvalue weighted by Crippen LogP contribution is 2.41. The summed E-state index contributed by atoms with van der Waals surface area (Å²) in [7, 11) is 3.34. The first-order valence-corrected chi connectivity index (χ1v) is 7.65. The van der Waals surface area contributed by atoms with E-state index in [0.717, 1.165) is 0 Å². The van der Waals surface area contributed by atoms with Crippen LogP contribution in [0.15, 0.2) is 36.7 Å². The van der Waals surface area contributed by atoms with Gasteiger partial charge in [0.25, 0.3) is 5.91 Å². The SMILES string of the molecule is COCCN1C(=O)c2ccccc2[C@@H](C(=O)O)[C@H]1c1nccn1C. The zero-order valence-electron chi connectivity index (χ0n) is 13.5. The number of rotatable bonds is 5. The monoisotopic (exact) mass is 329 g/mol. The van der Waals surface area contributed by atoms with Gasteiger partial charge in [-0.3, -0.25) is 9.59 Å². The van der Waals surface area contributed by atoms with E-state index in [1.54, 1.807) is 60.3 Å². The van der Waals surface area contributed by atoms with E-state index in [1.807, 2.05) is 0 Å². The quantitative estimate of drug-likeness (QED) is 0.897. The minimum absolute atomic E-state index is 0.201. The van der Waals surface area contributed by atoms with Crippen LogP contribution in [0.4, 0.5) is 0 Å². The number of imidazole rings is 1. The van der Waals surface area contributed by atoms with Crippen molar-refractivity contribution in [3.63, 3.8) is 0 Å². The fourth-order valence-electron chi connectivity index (χ4n) is 3.24. The summed E-state index contributed by atoms with van der Waals surface area (Å²) in [4.78, 5) is 30.9. The standard InChI is InChI=1S/C17H19N3O4/c1-19-8-7-18-15(19)14-13(17(22)23)11-5-3-4-6-12(11)16(21)20(14)9-10-24-2/h3-8,13-14H,9-10H2,1-2H3,(H,22,23)/t13-,14+/m1/s1. The van der Waals surface area contributed by atoms with Crippen LogP contribution in [-0.4, -0.2) is 51.7 Å². The van der Waals surface area contributed by atoms with Crippen molar-refractivity contribution < 1.29 is 19.4 Å². The van der Waals surface area contributed by atoms with Gasteiger partial charge in [0.15, 0.2) is 0 Å². The summed E-state index contributed by atoms with van der Waals surface area (Å²) in [6.45, 7) is 0.617. The van der Waals surface area contributed by atoms with E-state index in [-0.39, 0.29) is 5.91 Å². The average molecular weight is 329 g/mol. The van der Waals surface area contributed by atoms with Gasteiger partial charge in [-0.1, -0.05) is 18.2 Å². The number of carboxylic acids is 1. The number of benzene rings is 1. The lowest BCUT2D eigenvalue weighted by atomic mass is 9.82. The molecule has 2 atom stereocenters. The van der Waals surface area contributed by atoms with Crippen molar-refractivity contribution in [1.29, 1.82) is 0 Å². The molecule has 0 saturated carbocycles. The second-order valence-corrected chi connectivity index (χ2v) is 5.74. The molecule has 1 aliphatic rings. The smallest absolute Gasteiger partial charge is 0.313 e. The number of carbonyl (C=O) groups is 2. The number of hydrogen-bond acceptors (Lipinski definition) is 4. The summed E-state index contributed by atoms with van der Waals surface area (Å²) >= 11 is 0. The zero-order valence-corrected chi connectivity index (χ0v) is 13.5. The maximum atomic E-state index is 12.9. The summed E-state index contributed by atoms with van der Waals surface area (Å²) < 4.78 is 6.86. The van der Waals surface area contributed by atoms with Crippen LogP contribution in [0, 0.1) is 0 Å². The van der Waals surface area contributed by atoms with E-state index in [1.165, 1.54) is 0 Å². The van der Waals surface area contributed by atoms with E-state index in [4.69, 9.17) is 4.74 Å². The fourth-order valence-corrected chi connectivity index (χ4v) is 3.24. The number of hydrogen-bond donors (Lipinski definition) is 1. The van der Waals surface area contributed by atoms with E-state index in [0.29, 0.717) is 30.1 Å². The summed E-state index contributed by atoms with van der Waals surface area (Å²) in [6, 6.07) is 6.19. The Morgan fingerprint density at radius 1 is 1.38 bits per heavy atom. The van der Waals surface area contributed by atoms with Gasteiger partial charge in [-0.05, 0) is 11.6 Å². The van der Waals surface area contributed by atoms with Gasteiger partial charge in [-0.2, -0.15) is 0 Å². The molecule has 1 aromatic carbocycles. The van der Waals surface area contributed by atoms with E-state index in [2.05, 4.69) is 4.98 Å². The van der Waals surface area contributed by atoms with Crippen LogP contribution < -0.4 is 0 Å². The fraction of sp³-hybridized carbons (Fsp3) is 0.353. The van der Waals surface area contributed by atoms with E-state index >= 15 is 0 Å². The van der Waals surface area contributed by atoms with Gasteiger partial charge in [0, 0.05) is 38.7 Å². The van der Waals surface area contributed by atoms with Gasteiger partial charge in [0.1, 0.15) is 17.8 Å². The number of amides is 1. The van der Waals surface area contributed by atoms with Crippen molar-refractivity contribution in [2.45, 2.75) is 12.0 Å². The van der Waals surface area contributed by atoms with Crippen LogP contribution in [0.2, 0.25) is 0 Å². The Morgan fingerprint density at radius 3 is 2.75 bits per heavy atom. The molecule has 1 amide bonds. The van der Waals surface area contributed by atoms with Crippen molar-refractivity contribution in [2.24, 2.45) is 7.05 Å². The minimum Gasteiger partial charge on any atom is -0.481 e. The molecular weight excluding hydrogens is 310 g/mol. The van der Waals surface area contributed by atoms with Gasteiger partial charge >= 0.3 is 5.97 Å². The largest absolute Gasteiger partial charge is 0.481 e. The second-order valence-electron chi connectivity index (χ2n) is 5.74. The number of carbonyl (C=O) groups excluding carboxylic acids is 1. The Kier molecular flexibility index (Phi) is 4.35. The molecule has 1 N–H and O–H groups in total. The molecule has 1 aromatic heterocycles. The highest BCUT2D eigenvalue weighted by atomic mass is 16.5. The van der Waals surface area contributed by atoms with E-state index < -0.39 is 17.9 Å². The molecule has 2 heterocycles. The molecule has 7 nitrogen and oxygen atoms in total. The highest BCUT2D eigenvalue weighted by molar-refractivity contribution is 6.00. The maximum absolute atomic E-state index is 12.9. The molecule has 0 radical (unpaired) electrons. The third-order valence-electron chi connectivity index (χ3n) is 4.36. The molecule has 1 aliphatic heterocycles.